The fourth-order valence-electron chi connectivity index (χ4n) is 2.19. The lowest BCUT2D eigenvalue weighted by atomic mass is 10.0. The van der Waals surface area contributed by atoms with E-state index in [2.05, 4.69) is 29.4 Å². The van der Waals surface area contributed by atoms with Crippen molar-refractivity contribution in [3.8, 4) is 11.5 Å². The molecular weight excluding hydrogens is 282 g/mol. The number of aryl methyl sites for hydroxylation is 1. The molecule has 22 heavy (non-hydrogen) atoms. The van der Waals surface area contributed by atoms with Crippen LogP contribution in [0.3, 0.4) is 0 Å². The number of nitrogens with one attached hydrogen (secondary N) is 1. The number of benzene rings is 1. The average Bonchev–Trinajstić information content (AvgIpc) is 2.92. The van der Waals surface area contributed by atoms with E-state index < -0.39 is 0 Å². The summed E-state index contributed by atoms with van der Waals surface area (Å²) in [6, 6.07) is 6.70. The van der Waals surface area contributed by atoms with Crippen molar-refractivity contribution in [1.29, 1.82) is 0 Å². The number of rotatable bonds is 6. The van der Waals surface area contributed by atoms with E-state index in [1.54, 1.807) is 31.2 Å². The number of nitrogens with zero attached hydrogens (tertiary/aromatic N) is 2. The monoisotopic (exact) mass is 303 g/mol. The van der Waals surface area contributed by atoms with Gasteiger partial charge in [0, 0.05) is 18.1 Å². The summed E-state index contributed by atoms with van der Waals surface area (Å²) >= 11 is 0. The largest absolute Gasteiger partial charge is 0.421 e. The molecule has 2 aromatic rings. The molecule has 0 aliphatic rings. The molecule has 0 spiro atoms. The zero-order chi connectivity index (χ0) is 16.1. The maximum absolute atomic E-state index is 12.2. The summed E-state index contributed by atoms with van der Waals surface area (Å²) in [7, 11) is 0. The van der Waals surface area contributed by atoms with Crippen LogP contribution in [0.5, 0.6) is 0 Å². The molecular formula is C16H21N3O3. The Balaban J connectivity index is 2.04. The van der Waals surface area contributed by atoms with Gasteiger partial charge in [-0.15, -0.1) is 10.2 Å². The van der Waals surface area contributed by atoms with Crippen LogP contribution in [-0.2, 0) is 0 Å². The Morgan fingerprint density at radius 1 is 1.27 bits per heavy atom. The van der Waals surface area contributed by atoms with Crippen LogP contribution in [0, 0.1) is 12.8 Å². The highest BCUT2D eigenvalue weighted by Crippen LogP contribution is 2.18. The first kappa shape index (κ1) is 16.2. The van der Waals surface area contributed by atoms with E-state index in [-0.39, 0.29) is 18.6 Å². The summed E-state index contributed by atoms with van der Waals surface area (Å²) in [5, 5.41) is 19.9. The molecule has 1 aromatic heterocycles. The highest BCUT2D eigenvalue weighted by atomic mass is 16.4. The molecule has 1 heterocycles. The van der Waals surface area contributed by atoms with Crippen molar-refractivity contribution in [3.05, 3.63) is 35.7 Å². The quantitative estimate of drug-likeness (QED) is 0.854. The van der Waals surface area contributed by atoms with Gasteiger partial charge in [-0.25, -0.2) is 0 Å². The van der Waals surface area contributed by atoms with E-state index in [9.17, 15) is 9.90 Å². The lowest BCUT2D eigenvalue weighted by Crippen LogP contribution is -2.38. The lowest BCUT2D eigenvalue weighted by Gasteiger charge is -2.18. The van der Waals surface area contributed by atoms with Crippen molar-refractivity contribution >= 4 is 5.91 Å². The highest BCUT2D eigenvalue weighted by Gasteiger charge is 2.15. The van der Waals surface area contributed by atoms with Gasteiger partial charge in [-0.05, 0) is 36.6 Å². The number of aliphatic hydroxyl groups is 1. The van der Waals surface area contributed by atoms with Crippen molar-refractivity contribution in [2.75, 3.05) is 6.61 Å². The van der Waals surface area contributed by atoms with E-state index in [1.807, 2.05) is 0 Å². The van der Waals surface area contributed by atoms with Gasteiger partial charge >= 0.3 is 0 Å². The van der Waals surface area contributed by atoms with Crippen LogP contribution < -0.4 is 5.32 Å². The SMILES string of the molecule is Cc1nnc(-c2ccc(C(=O)NC(CO)CC(C)C)cc2)o1. The Morgan fingerprint density at radius 3 is 2.45 bits per heavy atom. The molecule has 6 heteroatoms. The third kappa shape index (κ3) is 4.14. The highest BCUT2D eigenvalue weighted by molar-refractivity contribution is 5.94. The fourth-order valence-corrected chi connectivity index (χ4v) is 2.19. The Hall–Kier alpha value is -2.21. The van der Waals surface area contributed by atoms with Crippen molar-refractivity contribution in [1.82, 2.24) is 15.5 Å². The topological polar surface area (TPSA) is 88.2 Å². The second-order valence-corrected chi connectivity index (χ2v) is 5.69. The summed E-state index contributed by atoms with van der Waals surface area (Å²) in [5.74, 6) is 1.13. The molecule has 0 aliphatic heterocycles. The maximum Gasteiger partial charge on any atom is 0.251 e. The molecule has 0 saturated heterocycles. The van der Waals surface area contributed by atoms with Crippen molar-refractivity contribution in [3.63, 3.8) is 0 Å². The van der Waals surface area contributed by atoms with Crippen molar-refractivity contribution in [2.24, 2.45) is 5.92 Å². The van der Waals surface area contributed by atoms with Crippen LogP contribution in [-0.4, -0.2) is 33.9 Å². The van der Waals surface area contributed by atoms with Gasteiger partial charge in [0.2, 0.25) is 11.8 Å². The second kappa shape index (κ2) is 7.17. The van der Waals surface area contributed by atoms with Gasteiger partial charge in [0.1, 0.15) is 0 Å². The summed E-state index contributed by atoms with van der Waals surface area (Å²) in [5.41, 5.74) is 1.29. The number of carbonyl (C=O) groups is 1. The van der Waals surface area contributed by atoms with Gasteiger partial charge in [-0.1, -0.05) is 13.8 Å². The van der Waals surface area contributed by atoms with Gasteiger partial charge in [0.15, 0.2) is 0 Å². The van der Waals surface area contributed by atoms with Gasteiger partial charge < -0.3 is 14.8 Å². The number of hydrogen-bond donors (Lipinski definition) is 2. The zero-order valence-corrected chi connectivity index (χ0v) is 13.0. The van der Waals surface area contributed by atoms with E-state index in [4.69, 9.17) is 4.42 Å². The van der Waals surface area contributed by atoms with Crippen LogP contribution >= 0.6 is 0 Å². The molecule has 0 radical (unpaired) electrons. The third-order valence-corrected chi connectivity index (χ3v) is 3.23. The molecule has 1 amide bonds. The van der Waals surface area contributed by atoms with Gasteiger partial charge in [-0.3, -0.25) is 4.79 Å². The van der Waals surface area contributed by atoms with E-state index >= 15 is 0 Å². The van der Waals surface area contributed by atoms with Gasteiger partial charge in [0.25, 0.3) is 5.91 Å². The summed E-state index contributed by atoms with van der Waals surface area (Å²) in [6.07, 6.45) is 0.738. The van der Waals surface area contributed by atoms with Crippen LogP contribution in [0.2, 0.25) is 0 Å². The normalized spacial score (nSPS) is 12.4. The summed E-state index contributed by atoms with van der Waals surface area (Å²) < 4.78 is 5.34. The van der Waals surface area contributed by atoms with Crippen LogP contribution in [0.25, 0.3) is 11.5 Å². The van der Waals surface area contributed by atoms with Crippen molar-refractivity contribution < 1.29 is 14.3 Å². The Kier molecular flexibility index (Phi) is 5.27. The number of hydrogen-bond acceptors (Lipinski definition) is 5. The number of aromatic nitrogens is 2. The standard InChI is InChI=1S/C16H21N3O3/c1-10(2)8-14(9-20)17-15(21)12-4-6-13(7-5-12)16-19-18-11(3)22-16/h4-7,10,14,20H,8-9H2,1-3H3,(H,17,21). The zero-order valence-electron chi connectivity index (χ0n) is 13.0. The predicted molar refractivity (Wildman–Crippen MR) is 82.3 cm³/mol. The van der Waals surface area contributed by atoms with Crippen molar-refractivity contribution in [2.45, 2.75) is 33.2 Å². The molecule has 0 aliphatic carbocycles. The first-order valence-corrected chi connectivity index (χ1v) is 7.32. The first-order valence-electron chi connectivity index (χ1n) is 7.32. The Morgan fingerprint density at radius 2 is 1.95 bits per heavy atom. The molecule has 118 valence electrons. The lowest BCUT2D eigenvalue weighted by molar-refractivity contribution is 0.0908. The number of carbonyl (C=O) groups excluding carboxylic acids is 1. The molecule has 2 rings (SSSR count). The minimum Gasteiger partial charge on any atom is -0.421 e. The van der Waals surface area contributed by atoms with Crippen LogP contribution in [0.15, 0.2) is 28.7 Å². The molecule has 1 unspecified atom stereocenters. The Labute approximate surface area is 129 Å². The summed E-state index contributed by atoms with van der Waals surface area (Å²) in [4.78, 5) is 12.2. The van der Waals surface area contributed by atoms with Gasteiger partial charge in [0.05, 0.1) is 12.6 Å². The first-order chi connectivity index (χ1) is 10.5. The minimum atomic E-state index is -0.231. The second-order valence-electron chi connectivity index (χ2n) is 5.69. The molecule has 1 aromatic carbocycles. The fraction of sp³-hybridized carbons (Fsp3) is 0.438. The predicted octanol–water partition coefficient (Wildman–Crippen LogP) is 2.18. The van der Waals surface area contributed by atoms with E-state index in [1.165, 1.54) is 0 Å². The molecule has 1 atom stereocenters. The molecule has 0 saturated carbocycles. The maximum atomic E-state index is 12.2. The average molecular weight is 303 g/mol. The molecule has 6 nitrogen and oxygen atoms in total. The molecule has 2 N–H and O–H groups in total. The minimum absolute atomic E-state index is 0.0662. The number of amides is 1. The summed E-state index contributed by atoms with van der Waals surface area (Å²) in [6.45, 7) is 5.76. The number of aliphatic hydroxyl groups excluding tert-OH is 1. The van der Waals surface area contributed by atoms with E-state index in [0.29, 0.717) is 23.3 Å². The molecule has 0 fully saturated rings. The Bertz CT molecular complexity index is 620. The molecule has 0 bridgehead atoms. The van der Waals surface area contributed by atoms with Crippen LogP contribution in [0.1, 0.15) is 36.5 Å². The van der Waals surface area contributed by atoms with Gasteiger partial charge in [-0.2, -0.15) is 0 Å². The third-order valence-electron chi connectivity index (χ3n) is 3.23. The van der Waals surface area contributed by atoms with E-state index in [0.717, 1.165) is 12.0 Å². The van der Waals surface area contributed by atoms with Crippen LogP contribution in [0.4, 0.5) is 0 Å². The smallest absolute Gasteiger partial charge is 0.251 e.